The van der Waals surface area contributed by atoms with E-state index < -0.39 is 0 Å². The zero-order valence-electron chi connectivity index (χ0n) is 13.1. The van der Waals surface area contributed by atoms with Crippen LogP contribution >= 0.6 is 0 Å². The highest BCUT2D eigenvalue weighted by molar-refractivity contribution is 5.96. The molecule has 0 spiro atoms. The van der Waals surface area contributed by atoms with Crippen LogP contribution in [-0.2, 0) is 11.2 Å². The molecule has 4 heteroatoms. The third-order valence-electron chi connectivity index (χ3n) is 3.91. The molecule has 1 heterocycles. The van der Waals surface area contributed by atoms with Crippen LogP contribution in [-0.4, -0.2) is 10.9 Å². The number of anilines is 1. The predicted octanol–water partition coefficient (Wildman–Crippen LogP) is 3.84. The number of aromatic amines is 1. The number of hydrogen-bond acceptors (Lipinski definition) is 2. The first-order valence-electron chi connectivity index (χ1n) is 7.44. The highest BCUT2D eigenvalue weighted by atomic mass is 16.1. The second-order valence-electron chi connectivity index (χ2n) is 5.69. The summed E-state index contributed by atoms with van der Waals surface area (Å²) in [5.41, 5.74) is 5.53. The Morgan fingerprint density at radius 2 is 1.91 bits per heavy atom. The minimum atomic E-state index is -0.0692. The number of nitriles is 1. The van der Waals surface area contributed by atoms with Gasteiger partial charge in [-0.25, -0.2) is 0 Å². The lowest BCUT2D eigenvalue weighted by atomic mass is 10.1. The van der Waals surface area contributed by atoms with Gasteiger partial charge in [0.25, 0.3) is 0 Å². The van der Waals surface area contributed by atoms with Crippen molar-refractivity contribution in [3.63, 3.8) is 0 Å². The minimum absolute atomic E-state index is 0.0692. The van der Waals surface area contributed by atoms with Gasteiger partial charge in [-0.15, -0.1) is 0 Å². The van der Waals surface area contributed by atoms with E-state index in [4.69, 9.17) is 5.26 Å². The Hall–Kier alpha value is -3.06. The van der Waals surface area contributed by atoms with Crippen molar-refractivity contribution in [2.75, 3.05) is 5.32 Å². The topological polar surface area (TPSA) is 68.7 Å². The summed E-state index contributed by atoms with van der Waals surface area (Å²) in [6, 6.07) is 15.1. The zero-order valence-corrected chi connectivity index (χ0v) is 13.1. The molecule has 0 unspecified atom stereocenters. The Bertz CT molecular complexity index is 914. The van der Waals surface area contributed by atoms with Crippen LogP contribution in [0, 0.1) is 25.2 Å². The van der Waals surface area contributed by atoms with Gasteiger partial charge in [-0.3, -0.25) is 4.79 Å². The number of rotatable bonds is 3. The number of carbonyl (C=O) groups is 1. The van der Waals surface area contributed by atoms with Gasteiger partial charge in [-0.1, -0.05) is 11.6 Å². The van der Waals surface area contributed by atoms with Gasteiger partial charge in [-0.2, -0.15) is 5.26 Å². The van der Waals surface area contributed by atoms with Gasteiger partial charge in [0, 0.05) is 22.3 Å². The van der Waals surface area contributed by atoms with Crippen LogP contribution in [0.15, 0.2) is 42.5 Å². The van der Waals surface area contributed by atoms with E-state index >= 15 is 0 Å². The van der Waals surface area contributed by atoms with Crippen molar-refractivity contribution in [3.8, 4) is 6.07 Å². The van der Waals surface area contributed by atoms with E-state index in [1.54, 1.807) is 24.3 Å². The van der Waals surface area contributed by atoms with Crippen LogP contribution in [0.3, 0.4) is 0 Å². The van der Waals surface area contributed by atoms with Crippen LogP contribution in [0.4, 0.5) is 5.69 Å². The second-order valence-corrected chi connectivity index (χ2v) is 5.69. The van der Waals surface area contributed by atoms with Crippen molar-refractivity contribution in [2.24, 2.45) is 0 Å². The van der Waals surface area contributed by atoms with Crippen LogP contribution < -0.4 is 5.32 Å². The summed E-state index contributed by atoms with van der Waals surface area (Å²) in [5.74, 6) is -0.0692. The van der Waals surface area contributed by atoms with Gasteiger partial charge in [0.15, 0.2) is 0 Å². The molecule has 0 atom stereocenters. The molecule has 4 nitrogen and oxygen atoms in total. The van der Waals surface area contributed by atoms with Crippen LogP contribution in [0.1, 0.15) is 22.4 Å². The van der Waals surface area contributed by atoms with E-state index in [1.807, 2.05) is 19.9 Å². The molecule has 2 aromatic carbocycles. The van der Waals surface area contributed by atoms with Gasteiger partial charge in [0.05, 0.1) is 18.1 Å². The van der Waals surface area contributed by atoms with Gasteiger partial charge in [0.2, 0.25) is 5.91 Å². The van der Waals surface area contributed by atoms with Crippen molar-refractivity contribution in [1.82, 2.24) is 4.98 Å². The summed E-state index contributed by atoms with van der Waals surface area (Å²) in [4.78, 5) is 15.6. The van der Waals surface area contributed by atoms with E-state index in [0.717, 1.165) is 22.2 Å². The van der Waals surface area contributed by atoms with Gasteiger partial charge in [-0.05, 0) is 55.8 Å². The lowest BCUT2D eigenvalue weighted by Gasteiger charge is -2.06. The van der Waals surface area contributed by atoms with E-state index in [2.05, 4.69) is 28.5 Å². The van der Waals surface area contributed by atoms with Crippen molar-refractivity contribution in [2.45, 2.75) is 20.3 Å². The van der Waals surface area contributed by atoms with Gasteiger partial charge < -0.3 is 10.3 Å². The largest absolute Gasteiger partial charge is 0.358 e. The number of benzene rings is 2. The summed E-state index contributed by atoms with van der Waals surface area (Å²) in [6.45, 7) is 4.03. The first-order valence-corrected chi connectivity index (χ1v) is 7.44. The molecule has 0 radical (unpaired) electrons. The standard InChI is InChI=1S/C19H17N3O/c1-12-3-8-18-17(9-12)16(13(2)21-18)10-19(23)22-15-6-4-14(11-20)5-7-15/h3-9,21H,10H2,1-2H3,(H,22,23). The summed E-state index contributed by atoms with van der Waals surface area (Å²) in [6.07, 6.45) is 0.315. The maximum atomic E-state index is 12.3. The highest BCUT2D eigenvalue weighted by Gasteiger charge is 2.13. The van der Waals surface area contributed by atoms with E-state index in [1.165, 1.54) is 5.56 Å². The first kappa shape index (κ1) is 14.9. The Morgan fingerprint density at radius 3 is 2.61 bits per heavy atom. The molecular weight excluding hydrogens is 286 g/mol. The fourth-order valence-corrected chi connectivity index (χ4v) is 2.72. The number of fused-ring (bicyclic) bond motifs is 1. The predicted molar refractivity (Wildman–Crippen MR) is 91.3 cm³/mol. The first-order chi connectivity index (χ1) is 11.1. The van der Waals surface area contributed by atoms with Crippen molar-refractivity contribution in [3.05, 3.63) is 64.8 Å². The second kappa shape index (κ2) is 5.98. The van der Waals surface area contributed by atoms with E-state index in [0.29, 0.717) is 17.7 Å². The quantitative estimate of drug-likeness (QED) is 0.772. The average molecular weight is 303 g/mol. The number of aryl methyl sites for hydroxylation is 2. The molecule has 0 fully saturated rings. The average Bonchev–Trinajstić information content (AvgIpc) is 2.84. The molecule has 114 valence electrons. The zero-order chi connectivity index (χ0) is 16.4. The molecule has 0 bridgehead atoms. The summed E-state index contributed by atoms with van der Waals surface area (Å²) < 4.78 is 0. The maximum Gasteiger partial charge on any atom is 0.228 e. The summed E-state index contributed by atoms with van der Waals surface area (Å²) in [5, 5.41) is 12.8. The number of nitrogens with zero attached hydrogens (tertiary/aromatic N) is 1. The Morgan fingerprint density at radius 1 is 1.17 bits per heavy atom. The van der Waals surface area contributed by atoms with Crippen LogP contribution in [0.2, 0.25) is 0 Å². The number of amides is 1. The molecule has 1 amide bonds. The Balaban J connectivity index is 1.81. The van der Waals surface area contributed by atoms with Crippen molar-refractivity contribution >= 4 is 22.5 Å². The minimum Gasteiger partial charge on any atom is -0.358 e. The lowest BCUT2D eigenvalue weighted by Crippen LogP contribution is -2.14. The molecule has 3 rings (SSSR count). The number of H-pyrrole nitrogens is 1. The third-order valence-corrected chi connectivity index (χ3v) is 3.91. The molecule has 0 saturated carbocycles. The molecule has 0 saturated heterocycles. The maximum absolute atomic E-state index is 12.3. The fourth-order valence-electron chi connectivity index (χ4n) is 2.72. The monoisotopic (exact) mass is 303 g/mol. The molecule has 2 N–H and O–H groups in total. The normalized spacial score (nSPS) is 10.5. The molecule has 1 aromatic heterocycles. The van der Waals surface area contributed by atoms with E-state index in [-0.39, 0.29) is 5.91 Å². The van der Waals surface area contributed by atoms with Gasteiger partial charge >= 0.3 is 0 Å². The number of nitrogens with one attached hydrogen (secondary N) is 2. The highest BCUT2D eigenvalue weighted by Crippen LogP contribution is 2.24. The number of carbonyl (C=O) groups excluding carboxylic acids is 1. The fraction of sp³-hybridized carbons (Fsp3) is 0.158. The van der Waals surface area contributed by atoms with Crippen molar-refractivity contribution in [1.29, 1.82) is 5.26 Å². The smallest absolute Gasteiger partial charge is 0.228 e. The number of aromatic nitrogens is 1. The number of hydrogen-bond donors (Lipinski definition) is 2. The molecular formula is C19H17N3O. The SMILES string of the molecule is Cc1ccc2[nH]c(C)c(CC(=O)Nc3ccc(C#N)cc3)c2c1. The third kappa shape index (κ3) is 3.09. The summed E-state index contributed by atoms with van der Waals surface area (Å²) >= 11 is 0. The molecule has 0 aliphatic heterocycles. The molecule has 0 aliphatic carbocycles. The molecule has 3 aromatic rings. The van der Waals surface area contributed by atoms with Gasteiger partial charge in [0.1, 0.15) is 0 Å². The Kier molecular flexibility index (Phi) is 3.86. The molecule has 0 aliphatic rings. The van der Waals surface area contributed by atoms with E-state index in [9.17, 15) is 4.79 Å². The van der Waals surface area contributed by atoms with Crippen molar-refractivity contribution < 1.29 is 4.79 Å². The lowest BCUT2D eigenvalue weighted by molar-refractivity contribution is -0.115. The van der Waals surface area contributed by atoms with Crippen LogP contribution in [0.5, 0.6) is 0 Å². The van der Waals surface area contributed by atoms with Crippen LogP contribution in [0.25, 0.3) is 10.9 Å². The molecule has 23 heavy (non-hydrogen) atoms. The Labute approximate surface area is 134 Å². The summed E-state index contributed by atoms with van der Waals surface area (Å²) in [7, 11) is 0.